The monoisotopic (exact) mass is 284 g/mol. The molecule has 0 aliphatic carbocycles. The molecule has 0 radical (unpaired) electrons. The Morgan fingerprint density at radius 2 is 2.15 bits per heavy atom. The van der Waals surface area contributed by atoms with Crippen molar-refractivity contribution < 1.29 is 14.4 Å². The summed E-state index contributed by atoms with van der Waals surface area (Å²) in [4.78, 5) is 17.5. The number of carbonyl (C=O) groups excluding carboxylic acids is 1. The molecule has 0 fully saturated rings. The van der Waals surface area contributed by atoms with Gasteiger partial charge in [-0.3, -0.25) is 0 Å². The Morgan fingerprint density at radius 1 is 1.45 bits per heavy atom. The second-order valence-electron chi connectivity index (χ2n) is 5.24. The van der Waals surface area contributed by atoms with Gasteiger partial charge in [0.25, 0.3) is 0 Å². The van der Waals surface area contributed by atoms with E-state index in [9.17, 15) is 4.79 Å². The van der Waals surface area contributed by atoms with Crippen LogP contribution in [0, 0.1) is 0 Å². The summed E-state index contributed by atoms with van der Waals surface area (Å²) in [6, 6.07) is -0.172. The van der Waals surface area contributed by atoms with E-state index in [2.05, 4.69) is 15.5 Å². The molecule has 0 aliphatic heterocycles. The van der Waals surface area contributed by atoms with Crippen LogP contribution in [-0.2, 0) is 6.42 Å². The van der Waals surface area contributed by atoms with Crippen LogP contribution in [0.2, 0.25) is 0 Å². The van der Waals surface area contributed by atoms with Crippen molar-refractivity contribution in [2.75, 3.05) is 20.1 Å². The molecule has 1 heterocycles. The molecule has 1 rings (SSSR count). The van der Waals surface area contributed by atoms with Crippen molar-refractivity contribution in [2.24, 2.45) is 0 Å². The molecule has 0 aliphatic rings. The molecule has 1 aromatic rings. The van der Waals surface area contributed by atoms with Gasteiger partial charge in [0.05, 0.1) is 6.10 Å². The predicted molar refractivity (Wildman–Crippen MR) is 74.4 cm³/mol. The number of nitrogens with zero attached hydrogens (tertiary/aromatic N) is 3. The Labute approximate surface area is 119 Å². The Hall–Kier alpha value is -1.63. The highest BCUT2D eigenvalue weighted by Crippen LogP contribution is 2.09. The Bertz CT molecular complexity index is 418. The number of aromatic nitrogens is 2. The van der Waals surface area contributed by atoms with Gasteiger partial charge >= 0.3 is 6.03 Å². The van der Waals surface area contributed by atoms with Crippen molar-refractivity contribution in [3.8, 4) is 0 Å². The smallest absolute Gasteiger partial charge is 0.317 e. The van der Waals surface area contributed by atoms with Gasteiger partial charge in [-0.25, -0.2) is 4.79 Å². The summed E-state index contributed by atoms with van der Waals surface area (Å²) in [6.07, 6.45) is 0.666. The van der Waals surface area contributed by atoms with Crippen LogP contribution in [0.4, 0.5) is 4.79 Å². The largest absolute Gasteiger partial charge is 0.393 e. The molecule has 20 heavy (non-hydrogen) atoms. The number of hydrogen-bond donors (Lipinski definition) is 2. The fourth-order valence-corrected chi connectivity index (χ4v) is 1.50. The molecule has 0 aromatic carbocycles. The van der Waals surface area contributed by atoms with E-state index in [0.29, 0.717) is 37.6 Å². The normalized spacial score (nSPS) is 12.5. The first kappa shape index (κ1) is 16.4. The number of urea groups is 1. The molecule has 0 spiro atoms. The van der Waals surface area contributed by atoms with Crippen LogP contribution < -0.4 is 5.32 Å². The van der Waals surface area contributed by atoms with Crippen molar-refractivity contribution in [1.82, 2.24) is 20.4 Å². The number of aliphatic hydroxyl groups is 1. The summed E-state index contributed by atoms with van der Waals surface area (Å²) in [5, 5.41) is 15.8. The van der Waals surface area contributed by atoms with Crippen LogP contribution in [0.15, 0.2) is 4.52 Å². The van der Waals surface area contributed by atoms with Crippen molar-refractivity contribution in [3.63, 3.8) is 0 Å². The van der Waals surface area contributed by atoms with Crippen LogP contribution in [0.1, 0.15) is 44.8 Å². The Balaban J connectivity index is 2.27. The van der Waals surface area contributed by atoms with Crippen molar-refractivity contribution in [2.45, 2.75) is 45.6 Å². The van der Waals surface area contributed by atoms with Crippen LogP contribution in [0.3, 0.4) is 0 Å². The molecular formula is C13H24N4O3. The minimum Gasteiger partial charge on any atom is -0.393 e. The first-order valence-corrected chi connectivity index (χ1v) is 6.89. The average Bonchev–Trinajstić information content (AvgIpc) is 2.84. The molecule has 2 amide bonds. The lowest BCUT2D eigenvalue weighted by Gasteiger charge is -2.18. The van der Waals surface area contributed by atoms with E-state index in [0.717, 1.165) is 0 Å². The van der Waals surface area contributed by atoms with Gasteiger partial charge in [0, 0.05) is 32.5 Å². The third-order valence-corrected chi connectivity index (χ3v) is 2.84. The molecule has 1 aromatic heterocycles. The van der Waals surface area contributed by atoms with Gasteiger partial charge in [0.15, 0.2) is 5.82 Å². The highest BCUT2D eigenvalue weighted by molar-refractivity contribution is 5.73. The van der Waals surface area contributed by atoms with E-state index in [1.54, 1.807) is 18.9 Å². The zero-order valence-electron chi connectivity index (χ0n) is 12.6. The van der Waals surface area contributed by atoms with Gasteiger partial charge in [0.1, 0.15) is 0 Å². The second kappa shape index (κ2) is 7.84. The lowest BCUT2D eigenvalue weighted by atomic mass is 10.2. The maximum absolute atomic E-state index is 11.7. The molecular weight excluding hydrogens is 260 g/mol. The number of aliphatic hydroxyl groups excluding tert-OH is 1. The maximum Gasteiger partial charge on any atom is 0.317 e. The summed E-state index contributed by atoms with van der Waals surface area (Å²) in [7, 11) is 1.70. The SMILES string of the molecule is CC(O)CCN(C)C(=O)NCCc1nc(C(C)C)no1. The summed E-state index contributed by atoms with van der Waals surface area (Å²) in [5.74, 6) is 1.44. The third-order valence-electron chi connectivity index (χ3n) is 2.84. The van der Waals surface area contributed by atoms with Crippen LogP contribution in [0.5, 0.6) is 0 Å². The Kier molecular flexibility index (Phi) is 6.44. The number of amides is 2. The van der Waals surface area contributed by atoms with E-state index < -0.39 is 6.10 Å². The van der Waals surface area contributed by atoms with Crippen LogP contribution in [-0.4, -0.2) is 52.4 Å². The molecule has 0 bridgehead atoms. The molecule has 7 nitrogen and oxygen atoms in total. The fraction of sp³-hybridized carbons (Fsp3) is 0.769. The summed E-state index contributed by atoms with van der Waals surface area (Å²) in [6.45, 7) is 6.65. The maximum atomic E-state index is 11.7. The first-order valence-electron chi connectivity index (χ1n) is 6.89. The summed E-state index contributed by atoms with van der Waals surface area (Å²) >= 11 is 0. The fourth-order valence-electron chi connectivity index (χ4n) is 1.50. The zero-order valence-corrected chi connectivity index (χ0v) is 12.6. The second-order valence-corrected chi connectivity index (χ2v) is 5.24. The van der Waals surface area contributed by atoms with E-state index in [1.165, 1.54) is 0 Å². The number of rotatable bonds is 7. The molecule has 1 unspecified atom stereocenters. The minimum absolute atomic E-state index is 0.172. The van der Waals surface area contributed by atoms with E-state index in [1.807, 2.05) is 13.8 Å². The standard InChI is InChI=1S/C13H24N4O3/c1-9(2)12-15-11(20-16-12)5-7-14-13(19)17(4)8-6-10(3)18/h9-10,18H,5-8H2,1-4H3,(H,14,19). The topological polar surface area (TPSA) is 91.5 Å². The number of carbonyl (C=O) groups is 1. The molecule has 114 valence electrons. The highest BCUT2D eigenvalue weighted by atomic mass is 16.5. The van der Waals surface area contributed by atoms with Crippen molar-refractivity contribution in [3.05, 3.63) is 11.7 Å². The predicted octanol–water partition coefficient (Wildman–Crippen LogP) is 1.15. The highest BCUT2D eigenvalue weighted by Gasteiger charge is 2.11. The van der Waals surface area contributed by atoms with Gasteiger partial charge in [-0.2, -0.15) is 4.98 Å². The quantitative estimate of drug-likeness (QED) is 0.783. The molecule has 1 atom stereocenters. The lowest BCUT2D eigenvalue weighted by molar-refractivity contribution is 0.163. The Morgan fingerprint density at radius 3 is 2.70 bits per heavy atom. The van der Waals surface area contributed by atoms with Gasteiger partial charge in [-0.15, -0.1) is 0 Å². The minimum atomic E-state index is -0.405. The zero-order chi connectivity index (χ0) is 15.1. The lowest BCUT2D eigenvalue weighted by Crippen LogP contribution is -2.39. The molecule has 0 saturated heterocycles. The van der Waals surface area contributed by atoms with E-state index in [4.69, 9.17) is 9.63 Å². The summed E-state index contributed by atoms with van der Waals surface area (Å²) < 4.78 is 5.09. The van der Waals surface area contributed by atoms with Gasteiger partial charge < -0.3 is 19.8 Å². The van der Waals surface area contributed by atoms with Gasteiger partial charge in [-0.1, -0.05) is 19.0 Å². The third kappa shape index (κ3) is 5.56. The molecule has 2 N–H and O–H groups in total. The van der Waals surface area contributed by atoms with Gasteiger partial charge in [-0.05, 0) is 13.3 Å². The average molecular weight is 284 g/mol. The van der Waals surface area contributed by atoms with Gasteiger partial charge in [0.2, 0.25) is 5.89 Å². The van der Waals surface area contributed by atoms with Crippen LogP contribution in [0.25, 0.3) is 0 Å². The van der Waals surface area contributed by atoms with Crippen LogP contribution >= 0.6 is 0 Å². The first-order chi connectivity index (χ1) is 9.40. The molecule has 0 saturated carbocycles. The number of hydrogen-bond acceptors (Lipinski definition) is 5. The van der Waals surface area contributed by atoms with E-state index >= 15 is 0 Å². The molecule has 7 heteroatoms. The number of nitrogens with one attached hydrogen (secondary N) is 1. The van der Waals surface area contributed by atoms with Crippen molar-refractivity contribution >= 4 is 6.03 Å². The summed E-state index contributed by atoms with van der Waals surface area (Å²) in [5.41, 5.74) is 0. The van der Waals surface area contributed by atoms with E-state index in [-0.39, 0.29) is 11.9 Å². The van der Waals surface area contributed by atoms with Crippen molar-refractivity contribution in [1.29, 1.82) is 0 Å².